The molecule has 1 heterocycles. The van der Waals surface area contributed by atoms with E-state index in [0.717, 1.165) is 16.8 Å². The summed E-state index contributed by atoms with van der Waals surface area (Å²) in [6.07, 6.45) is -0.801. The number of rotatable bonds is 5. The third kappa shape index (κ3) is 3.47. The zero-order valence-electron chi connectivity index (χ0n) is 12.6. The number of hydrogen-bond acceptors (Lipinski definition) is 5. The molecule has 0 spiro atoms. The van der Waals surface area contributed by atoms with Crippen LogP contribution in [0.5, 0.6) is 0 Å². The number of nitrogens with one attached hydrogen (secondary N) is 1. The molecule has 0 saturated carbocycles. The highest BCUT2D eigenvalue weighted by Crippen LogP contribution is 2.29. The largest absolute Gasteiger partial charge is 0.436 e. The van der Waals surface area contributed by atoms with Gasteiger partial charge in [-0.25, -0.2) is 4.98 Å². The van der Waals surface area contributed by atoms with Crippen LogP contribution in [0.25, 0.3) is 22.6 Å². The maximum Gasteiger partial charge on any atom is 0.227 e. The molecule has 0 amide bonds. The van der Waals surface area contributed by atoms with Gasteiger partial charge in [-0.3, -0.25) is 0 Å². The quantitative estimate of drug-likeness (QED) is 0.668. The molecular formula is C17H17ClN2O3. The molecule has 0 aliphatic heterocycles. The molecule has 0 bridgehead atoms. The first-order valence-electron chi connectivity index (χ1n) is 7.26. The van der Waals surface area contributed by atoms with Crippen LogP contribution in [0.3, 0.4) is 0 Å². The van der Waals surface area contributed by atoms with E-state index in [1.807, 2.05) is 25.1 Å². The first kappa shape index (κ1) is 15.8. The molecular weight excluding hydrogens is 316 g/mol. The summed E-state index contributed by atoms with van der Waals surface area (Å²) in [4.78, 5) is 4.46. The molecule has 5 nitrogen and oxygen atoms in total. The Morgan fingerprint density at radius 2 is 2.09 bits per heavy atom. The molecule has 0 saturated heterocycles. The van der Waals surface area contributed by atoms with Crippen molar-refractivity contribution < 1.29 is 14.6 Å². The van der Waals surface area contributed by atoms with E-state index < -0.39 is 6.10 Å². The number of aromatic nitrogens is 1. The lowest BCUT2D eigenvalue weighted by Crippen LogP contribution is -2.23. The third-order valence-corrected chi connectivity index (χ3v) is 3.81. The second-order valence-corrected chi connectivity index (χ2v) is 5.81. The summed E-state index contributed by atoms with van der Waals surface area (Å²) in [5.41, 5.74) is 4.09. The molecule has 0 fully saturated rings. The van der Waals surface area contributed by atoms with Crippen molar-refractivity contribution in [2.45, 2.75) is 13.0 Å². The molecule has 3 N–H and O–H groups in total. The fourth-order valence-electron chi connectivity index (χ4n) is 2.26. The number of aliphatic hydroxyl groups is 2. The Morgan fingerprint density at radius 1 is 1.26 bits per heavy atom. The number of halogens is 1. The minimum absolute atomic E-state index is 0.268. The molecule has 3 rings (SSSR count). The van der Waals surface area contributed by atoms with Crippen LogP contribution in [0.1, 0.15) is 5.56 Å². The van der Waals surface area contributed by atoms with E-state index in [1.54, 1.807) is 18.2 Å². The fraction of sp³-hybridized carbons (Fsp3) is 0.235. The first-order chi connectivity index (χ1) is 11.1. The van der Waals surface area contributed by atoms with E-state index in [-0.39, 0.29) is 13.2 Å². The van der Waals surface area contributed by atoms with Gasteiger partial charge in [-0.1, -0.05) is 17.7 Å². The van der Waals surface area contributed by atoms with Gasteiger partial charge in [0.1, 0.15) is 5.52 Å². The molecule has 6 heteroatoms. The molecule has 0 aliphatic carbocycles. The van der Waals surface area contributed by atoms with Crippen LogP contribution in [-0.4, -0.2) is 34.5 Å². The summed E-state index contributed by atoms with van der Waals surface area (Å²) in [5, 5.41) is 22.1. The lowest BCUT2D eigenvalue weighted by atomic mass is 10.1. The van der Waals surface area contributed by atoms with Gasteiger partial charge in [-0.05, 0) is 42.8 Å². The van der Waals surface area contributed by atoms with Crippen molar-refractivity contribution in [1.82, 2.24) is 4.98 Å². The molecule has 120 valence electrons. The van der Waals surface area contributed by atoms with Crippen molar-refractivity contribution in [3.63, 3.8) is 0 Å². The Hall–Kier alpha value is -2.08. The van der Waals surface area contributed by atoms with E-state index in [4.69, 9.17) is 21.1 Å². The minimum Gasteiger partial charge on any atom is -0.436 e. The van der Waals surface area contributed by atoms with Gasteiger partial charge >= 0.3 is 0 Å². The number of oxazole rings is 1. The van der Waals surface area contributed by atoms with Crippen LogP contribution in [0.15, 0.2) is 40.8 Å². The smallest absolute Gasteiger partial charge is 0.227 e. The molecule has 0 radical (unpaired) electrons. The SMILES string of the molecule is Cc1ccc(-c2nc3cc(Cl)ccc3o2)cc1NCC(O)CO. The van der Waals surface area contributed by atoms with Gasteiger partial charge in [0, 0.05) is 22.8 Å². The van der Waals surface area contributed by atoms with Crippen molar-refractivity contribution in [1.29, 1.82) is 0 Å². The van der Waals surface area contributed by atoms with Crippen molar-refractivity contribution in [3.8, 4) is 11.5 Å². The molecule has 1 aromatic heterocycles. The van der Waals surface area contributed by atoms with E-state index in [0.29, 0.717) is 22.0 Å². The minimum atomic E-state index is -0.801. The van der Waals surface area contributed by atoms with Crippen LogP contribution in [0.4, 0.5) is 5.69 Å². The van der Waals surface area contributed by atoms with E-state index >= 15 is 0 Å². The van der Waals surface area contributed by atoms with Crippen molar-refractivity contribution in [2.24, 2.45) is 0 Å². The summed E-state index contributed by atoms with van der Waals surface area (Å²) < 4.78 is 5.76. The Labute approximate surface area is 138 Å². The van der Waals surface area contributed by atoms with Crippen molar-refractivity contribution >= 4 is 28.4 Å². The van der Waals surface area contributed by atoms with Gasteiger partial charge in [-0.15, -0.1) is 0 Å². The Morgan fingerprint density at radius 3 is 2.87 bits per heavy atom. The summed E-state index contributed by atoms with van der Waals surface area (Å²) in [6, 6.07) is 11.1. The molecule has 1 unspecified atom stereocenters. The zero-order chi connectivity index (χ0) is 16.4. The number of aryl methyl sites for hydroxylation is 1. The number of nitrogens with zero attached hydrogens (tertiary/aromatic N) is 1. The molecule has 1 atom stereocenters. The van der Waals surface area contributed by atoms with Gasteiger partial charge in [-0.2, -0.15) is 0 Å². The normalized spacial score (nSPS) is 12.5. The average molecular weight is 333 g/mol. The third-order valence-electron chi connectivity index (χ3n) is 3.57. The number of hydrogen-bond donors (Lipinski definition) is 3. The number of fused-ring (bicyclic) bond motifs is 1. The Kier molecular flexibility index (Phi) is 4.52. The Bertz CT molecular complexity index is 832. The Balaban J connectivity index is 1.92. The fourth-order valence-corrected chi connectivity index (χ4v) is 2.43. The van der Waals surface area contributed by atoms with Gasteiger partial charge in [0.15, 0.2) is 5.58 Å². The summed E-state index contributed by atoms with van der Waals surface area (Å²) in [5.74, 6) is 0.507. The average Bonchev–Trinajstić information content (AvgIpc) is 2.96. The van der Waals surface area contributed by atoms with Crippen LogP contribution < -0.4 is 5.32 Å². The number of anilines is 1. The lowest BCUT2D eigenvalue weighted by molar-refractivity contribution is 0.105. The van der Waals surface area contributed by atoms with Gasteiger partial charge in [0.2, 0.25) is 5.89 Å². The molecule has 3 aromatic rings. The summed E-state index contributed by atoms with van der Waals surface area (Å²) >= 11 is 5.97. The summed E-state index contributed by atoms with van der Waals surface area (Å²) in [7, 11) is 0. The van der Waals surface area contributed by atoms with Gasteiger partial charge in [0.25, 0.3) is 0 Å². The monoisotopic (exact) mass is 332 g/mol. The molecule has 0 aliphatic rings. The highest BCUT2D eigenvalue weighted by Gasteiger charge is 2.11. The van der Waals surface area contributed by atoms with Crippen LogP contribution in [-0.2, 0) is 0 Å². The van der Waals surface area contributed by atoms with Gasteiger partial charge in [0.05, 0.1) is 12.7 Å². The van der Waals surface area contributed by atoms with Crippen molar-refractivity contribution in [2.75, 3.05) is 18.5 Å². The second-order valence-electron chi connectivity index (χ2n) is 5.38. The first-order valence-corrected chi connectivity index (χ1v) is 7.64. The topological polar surface area (TPSA) is 78.5 Å². The van der Waals surface area contributed by atoms with E-state index in [2.05, 4.69) is 10.3 Å². The molecule has 2 aromatic carbocycles. The van der Waals surface area contributed by atoms with Gasteiger partial charge < -0.3 is 19.9 Å². The van der Waals surface area contributed by atoms with Crippen LogP contribution >= 0.6 is 11.6 Å². The number of benzene rings is 2. The van der Waals surface area contributed by atoms with Crippen molar-refractivity contribution in [3.05, 3.63) is 47.0 Å². The predicted molar refractivity (Wildman–Crippen MR) is 90.8 cm³/mol. The predicted octanol–water partition coefficient (Wildman–Crippen LogP) is 3.22. The molecule has 23 heavy (non-hydrogen) atoms. The second kappa shape index (κ2) is 6.58. The highest BCUT2D eigenvalue weighted by atomic mass is 35.5. The number of aliphatic hydroxyl groups excluding tert-OH is 2. The van der Waals surface area contributed by atoms with Crippen LogP contribution in [0.2, 0.25) is 5.02 Å². The maximum atomic E-state index is 9.46. The van der Waals surface area contributed by atoms with E-state index in [9.17, 15) is 5.11 Å². The lowest BCUT2D eigenvalue weighted by Gasteiger charge is -2.13. The van der Waals surface area contributed by atoms with E-state index in [1.165, 1.54) is 0 Å². The maximum absolute atomic E-state index is 9.46. The highest BCUT2D eigenvalue weighted by molar-refractivity contribution is 6.31. The zero-order valence-corrected chi connectivity index (χ0v) is 13.3. The standard InChI is InChI=1S/C17H17ClN2O3/c1-10-2-3-11(6-14(10)19-8-13(22)9-21)17-20-15-7-12(18)4-5-16(15)23-17/h2-7,13,19,21-22H,8-9H2,1H3. The van der Waals surface area contributed by atoms with Crippen LogP contribution in [0, 0.1) is 6.92 Å². The summed E-state index contributed by atoms with van der Waals surface area (Å²) in [6.45, 7) is 1.95.